The van der Waals surface area contributed by atoms with Gasteiger partial charge in [0, 0.05) is 16.1 Å². The number of halogens is 2. The molecule has 3 rings (SSSR count). The topological polar surface area (TPSA) is 43.8 Å². The molecule has 0 atom stereocenters. The summed E-state index contributed by atoms with van der Waals surface area (Å²) < 4.78 is 16.5. The van der Waals surface area contributed by atoms with Gasteiger partial charge in [0.1, 0.15) is 11.6 Å². The average Bonchev–Trinajstić information content (AvgIpc) is 2.83. The highest BCUT2D eigenvalue weighted by molar-refractivity contribution is 9.10. The van der Waals surface area contributed by atoms with E-state index in [-0.39, 0.29) is 5.82 Å². The van der Waals surface area contributed by atoms with Gasteiger partial charge in [-0.25, -0.2) is 9.07 Å². The molecule has 0 aliphatic rings. The molecule has 0 saturated carbocycles. The number of hydrogen-bond donors (Lipinski definition) is 1. The Bertz CT molecular complexity index is 783. The van der Waals surface area contributed by atoms with Gasteiger partial charge in [0.15, 0.2) is 0 Å². The molecule has 2 N–H and O–H groups in total. The lowest BCUT2D eigenvalue weighted by atomic mass is 10.1. The summed E-state index contributed by atoms with van der Waals surface area (Å²) in [7, 11) is 0. The van der Waals surface area contributed by atoms with Gasteiger partial charge in [-0.3, -0.25) is 0 Å². The Balaban J connectivity index is 1.96. The molecule has 0 amide bonds. The van der Waals surface area contributed by atoms with E-state index >= 15 is 0 Å². The molecule has 21 heavy (non-hydrogen) atoms. The van der Waals surface area contributed by atoms with E-state index in [0.717, 1.165) is 10.0 Å². The van der Waals surface area contributed by atoms with Crippen LogP contribution in [0.15, 0.2) is 59.1 Å². The van der Waals surface area contributed by atoms with E-state index in [1.54, 1.807) is 28.9 Å². The largest absolute Gasteiger partial charge is 0.384 e. The van der Waals surface area contributed by atoms with Crippen molar-refractivity contribution in [3.05, 3.63) is 70.5 Å². The molecule has 106 valence electrons. The monoisotopic (exact) mass is 345 g/mol. The second kappa shape index (κ2) is 5.69. The smallest absolute Gasteiger partial charge is 0.132 e. The maximum Gasteiger partial charge on any atom is 0.132 e. The van der Waals surface area contributed by atoms with Crippen molar-refractivity contribution < 1.29 is 4.39 Å². The number of nitrogens with zero attached hydrogens (tertiary/aromatic N) is 2. The van der Waals surface area contributed by atoms with Crippen LogP contribution in [0, 0.1) is 5.82 Å². The van der Waals surface area contributed by atoms with Gasteiger partial charge in [0.2, 0.25) is 0 Å². The average molecular weight is 346 g/mol. The Labute approximate surface area is 130 Å². The lowest BCUT2D eigenvalue weighted by Gasteiger charge is -2.06. The van der Waals surface area contributed by atoms with Crippen LogP contribution in [0.3, 0.4) is 0 Å². The minimum atomic E-state index is -0.303. The van der Waals surface area contributed by atoms with Crippen LogP contribution in [0.5, 0.6) is 0 Å². The maximum atomic E-state index is 13.8. The number of benzene rings is 2. The van der Waals surface area contributed by atoms with E-state index in [4.69, 9.17) is 5.73 Å². The minimum absolute atomic E-state index is 0.303. The third kappa shape index (κ3) is 2.83. The van der Waals surface area contributed by atoms with Crippen molar-refractivity contribution in [2.75, 3.05) is 5.73 Å². The van der Waals surface area contributed by atoms with Crippen LogP contribution in [-0.2, 0) is 6.54 Å². The molecular formula is C16H13BrFN3. The Hall–Kier alpha value is -2.14. The molecule has 5 heteroatoms. The fourth-order valence-corrected chi connectivity index (χ4v) is 2.56. The third-order valence-corrected chi connectivity index (χ3v) is 4.01. The van der Waals surface area contributed by atoms with E-state index in [2.05, 4.69) is 21.0 Å². The second-order valence-electron chi connectivity index (χ2n) is 4.68. The molecule has 0 saturated heterocycles. The quantitative estimate of drug-likeness (QED) is 0.777. The summed E-state index contributed by atoms with van der Waals surface area (Å²) in [5, 5.41) is 4.41. The Kier molecular flexibility index (Phi) is 3.75. The molecule has 1 heterocycles. The third-order valence-electron chi connectivity index (χ3n) is 3.24. The molecule has 3 aromatic rings. The predicted molar refractivity (Wildman–Crippen MR) is 85.3 cm³/mol. The first-order chi connectivity index (χ1) is 10.1. The lowest BCUT2D eigenvalue weighted by Crippen LogP contribution is -2.06. The summed E-state index contributed by atoms with van der Waals surface area (Å²) in [5.41, 5.74) is 8.05. The highest BCUT2D eigenvalue weighted by atomic mass is 79.9. The number of rotatable bonds is 3. The van der Waals surface area contributed by atoms with Crippen molar-refractivity contribution in [1.29, 1.82) is 0 Å². The van der Waals surface area contributed by atoms with Gasteiger partial charge >= 0.3 is 0 Å². The van der Waals surface area contributed by atoms with Crippen molar-refractivity contribution in [2.45, 2.75) is 6.54 Å². The summed E-state index contributed by atoms with van der Waals surface area (Å²) in [6.45, 7) is 0.529. The number of aromatic nitrogens is 2. The molecular weight excluding hydrogens is 333 g/mol. The zero-order valence-corrected chi connectivity index (χ0v) is 12.7. The van der Waals surface area contributed by atoms with Crippen molar-refractivity contribution in [3.63, 3.8) is 0 Å². The minimum Gasteiger partial charge on any atom is -0.384 e. The van der Waals surface area contributed by atoms with Gasteiger partial charge in [-0.15, -0.1) is 0 Å². The molecule has 0 unspecified atom stereocenters. The highest BCUT2D eigenvalue weighted by Crippen LogP contribution is 2.24. The lowest BCUT2D eigenvalue weighted by molar-refractivity contribution is 0.629. The molecule has 0 bridgehead atoms. The van der Waals surface area contributed by atoms with Gasteiger partial charge < -0.3 is 5.73 Å². The predicted octanol–water partition coefficient (Wildman–Crippen LogP) is 4.08. The van der Waals surface area contributed by atoms with Crippen LogP contribution < -0.4 is 5.73 Å². The van der Waals surface area contributed by atoms with Crippen molar-refractivity contribution in [1.82, 2.24) is 9.78 Å². The standard InChI is InChI=1S/C16H13BrFN3/c17-13-7-3-1-5-11(13)10-21-16(19)9-15(20-21)12-6-2-4-8-14(12)18/h1-9H,10,19H2. The molecule has 0 aliphatic carbocycles. The van der Waals surface area contributed by atoms with E-state index in [1.165, 1.54) is 6.07 Å². The zero-order valence-electron chi connectivity index (χ0n) is 11.1. The summed E-state index contributed by atoms with van der Waals surface area (Å²) in [4.78, 5) is 0. The van der Waals surface area contributed by atoms with Crippen molar-refractivity contribution in [3.8, 4) is 11.3 Å². The molecule has 2 aromatic carbocycles. The number of anilines is 1. The van der Waals surface area contributed by atoms with E-state index in [0.29, 0.717) is 23.6 Å². The van der Waals surface area contributed by atoms with Crippen LogP contribution in [0.4, 0.5) is 10.2 Å². The first-order valence-corrected chi connectivity index (χ1v) is 7.26. The van der Waals surface area contributed by atoms with E-state index in [1.807, 2.05) is 24.3 Å². The first kappa shape index (κ1) is 13.8. The van der Waals surface area contributed by atoms with Gasteiger partial charge in [0.05, 0.1) is 12.2 Å². The Morgan fingerprint density at radius 2 is 1.81 bits per heavy atom. The summed E-state index contributed by atoms with van der Waals surface area (Å²) in [6, 6.07) is 16.1. The van der Waals surface area contributed by atoms with Crippen LogP contribution in [0.1, 0.15) is 5.56 Å². The van der Waals surface area contributed by atoms with Gasteiger partial charge in [-0.2, -0.15) is 5.10 Å². The fourth-order valence-electron chi connectivity index (χ4n) is 2.15. The SMILES string of the molecule is Nc1cc(-c2ccccc2F)nn1Cc1ccccc1Br. The molecule has 3 nitrogen and oxygen atoms in total. The van der Waals surface area contributed by atoms with Crippen molar-refractivity contribution in [2.24, 2.45) is 0 Å². The summed E-state index contributed by atoms with van der Waals surface area (Å²) in [6.07, 6.45) is 0. The van der Waals surface area contributed by atoms with E-state index in [9.17, 15) is 4.39 Å². The first-order valence-electron chi connectivity index (χ1n) is 6.47. The number of nitrogens with two attached hydrogens (primary N) is 1. The van der Waals surface area contributed by atoms with Crippen LogP contribution in [0.2, 0.25) is 0 Å². The van der Waals surface area contributed by atoms with Crippen LogP contribution in [0.25, 0.3) is 11.3 Å². The summed E-state index contributed by atoms with van der Waals surface area (Å²) in [5.74, 6) is 0.201. The van der Waals surface area contributed by atoms with Crippen LogP contribution >= 0.6 is 15.9 Å². The summed E-state index contributed by atoms with van der Waals surface area (Å²) >= 11 is 3.50. The molecule has 0 spiro atoms. The molecule has 1 aromatic heterocycles. The van der Waals surface area contributed by atoms with Gasteiger partial charge in [-0.05, 0) is 23.8 Å². The molecule has 0 aliphatic heterocycles. The number of hydrogen-bond acceptors (Lipinski definition) is 2. The highest BCUT2D eigenvalue weighted by Gasteiger charge is 2.11. The van der Waals surface area contributed by atoms with E-state index < -0.39 is 0 Å². The second-order valence-corrected chi connectivity index (χ2v) is 5.54. The van der Waals surface area contributed by atoms with Crippen molar-refractivity contribution >= 4 is 21.7 Å². The molecule has 0 radical (unpaired) electrons. The van der Waals surface area contributed by atoms with Gasteiger partial charge in [0.25, 0.3) is 0 Å². The maximum absolute atomic E-state index is 13.8. The molecule has 0 fully saturated rings. The normalized spacial score (nSPS) is 10.8. The van der Waals surface area contributed by atoms with Gasteiger partial charge in [-0.1, -0.05) is 46.3 Å². The fraction of sp³-hybridized carbons (Fsp3) is 0.0625. The number of nitrogen functional groups attached to an aromatic ring is 1. The zero-order chi connectivity index (χ0) is 14.8. The Morgan fingerprint density at radius 1 is 1.10 bits per heavy atom. The Morgan fingerprint density at radius 3 is 2.57 bits per heavy atom. The van der Waals surface area contributed by atoms with Crippen LogP contribution in [-0.4, -0.2) is 9.78 Å².